The van der Waals surface area contributed by atoms with Crippen LogP contribution >= 0.6 is 0 Å². The summed E-state index contributed by atoms with van der Waals surface area (Å²) >= 11 is 0. The van der Waals surface area contributed by atoms with Gasteiger partial charge in [0, 0.05) is 24.7 Å². The van der Waals surface area contributed by atoms with Crippen LogP contribution in [0.2, 0.25) is 0 Å². The quantitative estimate of drug-likeness (QED) is 0.896. The predicted octanol–water partition coefficient (Wildman–Crippen LogP) is 3.49. The van der Waals surface area contributed by atoms with E-state index in [9.17, 15) is 9.90 Å². The highest BCUT2D eigenvalue weighted by Gasteiger charge is 2.26. The first-order valence-electron chi connectivity index (χ1n) is 8.28. The van der Waals surface area contributed by atoms with Crippen molar-refractivity contribution in [3.8, 4) is 5.75 Å². The molecule has 1 aliphatic heterocycles. The molecule has 23 heavy (non-hydrogen) atoms. The summed E-state index contributed by atoms with van der Waals surface area (Å²) in [5.41, 5.74) is 0.504. The monoisotopic (exact) mass is 320 g/mol. The van der Waals surface area contributed by atoms with E-state index in [1.54, 1.807) is 11.8 Å². The molecule has 5 nitrogen and oxygen atoms in total. The fraction of sp³-hybridized carbons (Fsp3) is 0.611. The van der Waals surface area contributed by atoms with Crippen molar-refractivity contribution < 1.29 is 14.6 Å². The maximum atomic E-state index is 12.4. The number of aliphatic hydroxyl groups excluding tert-OH is 1. The van der Waals surface area contributed by atoms with Crippen LogP contribution in [-0.4, -0.2) is 40.8 Å². The molecular formula is C18H28N2O3. The second-order valence-corrected chi connectivity index (χ2v) is 7.26. The molecule has 0 bridgehead atoms. The van der Waals surface area contributed by atoms with Crippen LogP contribution < -0.4 is 10.1 Å². The molecule has 1 aliphatic rings. The molecule has 1 heterocycles. The van der Waals surface area contributed by atoms with Crippen LogP contribution in [0.5, 0.6) is 5.75 Å². The molecule has 0 radical (unpaired) electrons. The number of amides is 2. The van der Waals surface area contributed by atoms with Gasteiger partial charge in [0.15, 0.2) is 0 Å². The molecule has 1 aromatic rings. The second-order valence-electron chi connectivity index (χ2n) is 7.26. The van der Waals surface area contributed by atoms with E-state index in [1.165, 1.54) is 0 Å². The van der Waals surface area contributed by atoms with Gasteiger partial charge in [-0.15, -0.1) is 0 Å². The van der Waals surface area contributed by atoms with E-state index >= 15 is 0 Å². The summed E-state index contributed by atoms with van der Waals surface area (Å²) in [7, 11) is 0. The van der Waals surface area contributed by atoms with Crippen molar-refractivity contribution in [3.63, 3.8) is 0 Å². The molecule has 0 aliphatic carbocycles. The van der Waals surface area contributed by atoms with E-state index < -0.39 is 0 Å². The zero-order valence-corrected chi connectivity index (χ0v) is 14.5. The van der Waals surface area contributed by atoms with Crippen LogP contribution in [-0.2, 0) is 0 Å². The van der Waals surface area contributed by atoms with Gasteiger partial charge in [-0.25, -0.2) is 4.79 Å². The van der Waals surface area contributed by atoms with Crippen LogP contribution in [0.25, 0.3) is 0 Å². The Labute approximate surface area is 138 Å². The molecule has 5 heteroatoms. The van der Waals surface area contributed by atoms with Gasteiger partial charge in [0.25, 0.3) is 0 Å². The summed E-state index contributed by atoms with van der Waals surface area (Å²) in [5, 5.41) is 12.6. The maximum absolute atomic E-state index is 12.4. The molecule has 1 aromatic carbocycles. The molecule has 1 saturated heterocycles. The van der Waals surface area contributed by atoms with E-state index in [1.807, 2.05) is 45.0 Å². The number of anilines is 1. The number of aliphatic hydroxyl groups is 1. The van der Waals surface area contributed by atoms with Crippen LogP contribution in [0, 0.1) is 5.92 Å². The maximum Gasteiger partial charge on any atom is 0.321 e. The molecule has 0 saturated carbocycles. The first kappa shape index (κ1) is 17.6. The normalized spacial score (nSPS) is 20.0. The largest absolute Gasteiger partial charge is 0.488 e. The standard InChI is InChI=1S/C18H28N2O3/c1-13(21)14-6-5-11-20(12-14)17(22)19-15-7-9-16(10-8-15)23-18(2,3)4/h7-10,13-14,21H,5-6,11-12H2,1-4H3,(H,19,22). The Bertz CT molecular complexity index is 520. The molecule has 0 spiro atoms. The van der Waals surface area contributed by atoms with Gasteiger partial charge < -0.3 is 20.1 Å². The zero-order valence-electron chi connectivity index (χ0n) is 14.5. The number of urea groups is 1. The Hall–Kier alpha value is -1.75. The number of nitrogens with zero attached hydrogens (tertiary/aromatic N) is 1. The number of likely N-dealkylation sites (tertiary alicyclic amines) is 1. The van der Waals surface area contributed by atoms with E-state index in [2.05, 4.69) is 5.32 Å². The Kier molecular flexibility index (Phi) is 5.52. The highest BCUT2D eigenvalue weighted by atomic mass is 16.5. The van der Waals surface area contributed by atoms with Crippen LogP contribution in [0.3, 0.4) is 0 Å². The zero-order chi connectivity index (χ0) is 17.0. The minimum absolute atomic E-state index is 0.111. The second kappa shape index (κ2) is 7.21. The van der Waals surface area contributed by atoms with Gasteiger partial charge in [-0.3, -0.25) is 0 Å². The summed E-state index contributed by atoms with van der Waals surface area (Å²) in [6.45, 7) is 9.13. The lowest BCUT2D eigenvalue weighted by Crippen LogP contribution is -2.44. The number of rotatable bonds is 3. The highest BCUT2D eigenvalue weighted by molar-refractivity contribution is 5.89. The summed E-state index contributed by atoms with van der Waals surface area (Å²) < 4.78 is 5.77. The van der Waals surface area contributed by atoms with Crippen LogP contribution in [0.15, 0.2) is 24.3 Å². The van der Waals surface area contributed by atoms with Crippen molar-refractivity contribution in [2.45, 2.75) is 52.2 Å². The first-order valence-corrected chi connectivity index (χ1v) is 8.28. The van der Waals surface area contributed by atoms with Crippen molar-refractivity contribution in [3.05, 3.63) is 24.3 Å². The number of carbonyl (C=O) groups excluding carboxylic acids is 1. The summed E-state index contributed by atoms with van der Waals surface area (Å²) in [4.78, 5) is 14.1. The summed E-state index contributed by atoms with van der Waals surface area (Å²) in [6.07, 6.45) is 1.53. The van der Waals surface area contributed by atoms with Gasteiger partial charge in [0.05, 0.1) is 6.10 Å². The predicted molar refractivity (Wildman–Crippen MR) is 91.8 cm³/mol. The molecule has 2 unspecified atom stereocenters. The van der Waals surface area contributed by atoms with Gasteiger partial charge in [0.1, 0.15) is 11.4 Å². The third kappa shape index (κ3) is 5.43. The lowest BCUT2D eigenvalue weighted by molar-refractivity contribution is 0.0766. The smallest absolute Gasteiger partial charge is 0.321 e. The van der Waals surface area contributed by atoms with E-state index in [-0.39, 0.29) is 23.7 Å². The number of benzene rings is 1. The Morgan fingerprint density at radius 3 is 2.57 bits per heavy atom. The average Bonchev–Trinajstić information content (AvgIpc) is 2.48. The molecule has 2 atom stereocenters. The molecular weight excluding hydrogens is 292 g/mol. The Morgan fingerprint density at radius 1 is 1.35 bits per heavy atom. The van der Waals surface area contributed by atoms with Gasteiger partial charge in [-0.1, -0.05) is 0 Å². The van der Waals surface area contributed by atoms with Gasteiger partial charge in [-0.05, 0) is 64.8 Å². The number of ether oxygens (including phenoxy) is 1. The van der Waals surface area contributed by atoms with Gasteiger partial charge >= 0.3 is 6.03 Å². The fourth-order valence-corrected chi connectivity index (χ4v) is 2.75. The molecule has 2 rings (SSSR count). The van der Waals surface area contributed by atoms with E-state index in [4.69, 9.17) is 4.74 Å². The fourth-order valence-electron chi connectivity index (χ4n) is 2.75. The number of piperidine rings is 1. The summed E-state index contributed by atoms with van der Waals surface area (Å²) in [5.74, 6) is 0.944. The third-order valence-corrected chi connectivity index (χ3v) is 3.96. The lowest BCUT2D eigenvalue weighted by atomic mass is 9.94. The Balaban J connectivity index is 1.92. The average molecular weight is 320 g/mol. The number of nitrogens with one attached hydrogen (secondary N) is 1. The van der Waals surface area contributed by atoms with Gasteiger partial charge in [-0.2, -0.15) is 0 Å². The topological polar surface area (TPSA) is 61.8 Å². The number of hydrogen-bond acceptors (Lipinski definition) is 3. The molecule has 2 amide bonds. The molecule has 0 aromatic heterocycles. The first-order chi connectivity index (χ1) is 10.7. The minimum atomic E-state index is -0.376. The minimum Gasteiger partial charge on any atom is -0.488 e. The van der Waals surface area contributed by atoms with Gasteiger partial charge in [0.2, 0.25) is 0 Å². The van der Waals surface area contributed by atoms with E-state index in [0.29, 0.717) is 6.54 Å². The third-order valence-electron chi connectivity index (χ3n) is 3.96. The number of hydrogen-bond donors (Lipinski definition) is 2. The van der Waals surface area contributed by atoms with E-state index in [0.717, 1.165) is 30.8 Å². The highest BCUT2D eigenvalue weighted by Crippen LogP contribution is 2.22. The molecule has 1 fully saturated rings. The SMILES string of the molecule is CC(O)C1CCCN(C(=O)Nc2ccc(OC(C)(C)C)cc2)C1. The van der Waals surface area contributed by atoms with Crippen molar-refractivity contribution in [2.24, 2.45) is 5.92 Å². The summed E-state index contributed by atoms with van der Waals surface area (Å²) in [6, 6.07) is 7.29. The van der Waals surface area contributed by atoms with Crippen molar-refractivity contribution in [1.82, 2.24) is 4.90 Å². The van der Waals surface area contributed by atoms with Crippen molar-refractivity contribution in [2.75, 3.05) is 18.4 Å². The van der Waals surface area contributed by atoms with Crippen molar-refractivity contribution in [1.29, 1.82) is 0 Å². The van der Waals surface area contributed by atoms with Crippen LogP contribution in [0.1, 0.15) is 40.5 Å². The van der Waals surface area contributed by atoms with Crippen molar-refractivity contribution >= 4 is 11.7 Å². The number of carbonyl (C=O) groups is 1. The lowest BCUT2D eigenvalue weighted by Gasteiger charge is -2.34. The Morgan fingerprint density at radius 2 is 2.00 bits per heavy atom. The molecule has 128 valence electrons. The molecule has 2 N–H and O–H groups in total. The van der Waals surface area contributed by atoms with Crippen LogP contribution in [0.4, 0.5) is 10.5 Å².